The van der Waals surface area contributed by atoms with Gasteiger partial charge in [-0.15, -0.1) is 12.4 Å². The molecule has 2 N–H and O–H groups in total. The second kappa shape index (κ2) is 5.54. The van der Waals surface area contributed by atoms with E-state index in [1.165, 1.54) is 10.4 Å². The summed E-state index contributed by atoms with van der Waals surface area (Å²) >= 11 is 5.78. The lowest BCUT2D eigenvalue weighted by molar-refractivity contribution is 0.472. The Morgan fingerprint density at radius 3 is 2.65 bits per heavy atom. The van der Waals surface area contributed by atoms with E-state index < -0.39 is 10.0 Å². The van der Waals surface area contributed by atoms with Crippen molar-refractivity contribution in [2.75, 3.05) is 13.1 Å². The Morgan fingerprint density at radius 1 is 1.41 bits per heavy atom. The van der Waals surface area contributed by atoms with Crippen molar-refractivity contribution in [2.45, 2.75) is 17.4 Å². The van der Waals surface area contributed by atoms with E-state index in [0.717, 1.165) is 0 Å². The normalized spacial score (nSPS) is 21.2. The van der Waals surface area contributed by atoms with Crippen molar-refractivity contribution >= 4 is 34.0 Å². The van der Waals surface area contributed by atoms with Gasteiger partial charge in [-0.25, -0.2) is 8.42 Å². The molecule has 0 aromatic heterocycles. The highest BCUT2D eigenvalue weighted by molar-refractivity contribution is 7.89. The summed E-state index contributed by atoms with van der Waals surface area (Å²) in [5, 5.41) is 0.421. The van der Waals surface area contributed by atoms with Crippen LogP contribution < -0.4 is 5.73 Å². The van der Waals surface area contributed by atoms with Crippen LogP contribution in [0, 0.1) is 0 Å². The fourth-order valence-corrected chi connectivity index (χ4v) is 3.56. The minimum absolute atomic E-state index is 0. The molecule has 1 fully saturated rings. The van der Waals surface area contributed by atoms with Gasteiger partial charge in [0.15, 0.2) is 0 Å². The molecular weight excluding hydrogens is 283 g/mol. The van der Waals surface area contributed by atoms with E-state index in [2.05, 4.69) is 0 Å². The van der Waals surface area contributed by atoms with E-state index >= 15 is 0 Å². The SMILES string of the molecule is Cl.N[C@H]1CCN(S(=O)(=O)c2cccc(Cl)c2)C1. The smallest absolute Gasteiger partial charge is 0.243 e. The lowest BCUT2D eigenvalue weighted by Crippen LogP contribution is -2.31. The summed E-state index contributed by atoms with van der Waals surface area (Å²) in [4.78, 5) is 0.231. The minimum atomic E-state index is -3.43. The van der Waals surface area contributed by atoms with Crippen LogP contribution in [0.5, 0.6) is 0 Å². The maximum absolute atomic E-state index is 12.1. The van der Waals surface area contributed by atoms with Crippen LogP contribution in [0.1, 0.15) is 6.42 Å². The zero-order valence-corrected chi connectivity index (χ0v) is 11.4. The van der Waals surface area contributed by atoms with E-state index in [0.29, 0.717) is 24.5 Å². The highest BCUT2D eigenvalue weighted by Gasteiger charge is 2.30. The van der Waals surface area contributed by atoms with Crippen molar-refractivity contribution in [3.63, 3.8) is 0 Å². The Hall–Kier alpha value is -0.330. The quantitative estimate of drug-likeness (QED) is 0.899. The largest absolute Gasteiger partial charge is 0.326 e. The molecule has 1 aliphatic rings. The minimum Gasteiger partial charge on any atom is -0.326 e. The van der Waals surface area contributed by atoms with Gasteiger partial charge in [-0.05, 0) is 24.6 Å². The molecule has 0 spiro atoms. The summed E-state index contributed by atoms with van der Waals surface area (Å²) in [5.74, 6) is 0. The van der Waals surface area contributed by atoms with Crippen LogP contribution in [0.3, 0.4) is 0 Å². The van der Waals surface area contributed by atoms with Crippen LogP contribution in [0.2, 0.25) is 5.02 Å². The van der Waals surface area contributed by atoms with Gasteiger partial charge in [-0.2, -0.15) is 4.31 Å². The molecule has 0 bridgehead atoms. The van der Waals surface area contributed by atoms with Crippen LogP contribution in [0.15, 0.2) is 29.2 Å². The third-order valence-electron chi connectivity index (χ3n) is 2.62. The van der Waals surface area contributed by atoms with Crippen molar-refractivity contribution in [3.8, 4) is 0 Å². The summed E-state index contributed by atoms with van der Waals surface area (Å²) < 4.78 is 25.7. The maximum atomic E-state index is 12.1. The van der Waals surface area contributed by atoms with E-state index in [4.69, 9.17) is 17.3 Å². The highest BCUT2D eigenvalue weighted by Crippen LogP contribution is 2.22. The fourth-order valence-electron chi connectivity index (χ4n) is 1.75. The molecule has 0 radical (unpaired) electrons. The van der Waals surface area contributed by atoms with Crippen molar-refractivity contribution in [1.82, 2.24) is 4.31 Å². The monoisotopic (exact) mass is 296 g/mol. The van der Waals surface area contributed by atoms with Gasteiger partial charge in [-0.1, -0.05) is 17.7 Å². The van der Waals surface area contributed by atoms with Crippen molar-refractivity contribution in [3.05, 3.63) is 29.3 Å². The zero-order chi connectivity index (χ0) is 11.8. The summed E-state index contributed by atoms with van der Waals surface area (Å²) in [6, 6.07) is 6.22. The van der Waals surface area contributed by atoms with Gasteiger partial charge in [-0.3, -0.25) is 0 Å². The highest BCUT2D eigenvalue weighted by atomic mass is 35.5. The Morgan fingerprint density at radius 2 is 2.12 bits per heavy atom. The van der Waals surface area contributed by atoms with E-state index in [-0.39, 0.29) is 23.3 Å². The van der Waals surface area contributed by atoms with Crippen LogP contribution in [-0.4, -0.2) is 31.9 Å². The molecule has 1 saturated heterocycles. The summed E-state index contributed by atoms with van der Waals surface area (Å²) in [7, 11) is -3.43. The Labute approximate surface area is 112 Å². The molecule has 0 amide bonds. The molecule has 7 heteroatoms. The van der Waals surface area contributed by atoms with Gasteiger partial charge < -0.3 is 5.73 Å². The molecule has 96 valence electrons. The molecule has 1 aromatic carbocycles. The average molecular weight is 297 g/mol. The molecule has 0 aliphatic carbocycles. The molecule has 0 saturated carbocycles. The first-order chi connectivity index (χ1) is 7.50. The molecule has 1 heterocycles. The predicted molar refractivity (Wildman–Crippen MR) is 70.1 cm³/mol. The van der Waals surface area contributed by atoms with E-state index in [9.17, 15) is 8.42 Å². The number of halogens is 2. The Bertz CT molecular complexity index is 493. The van der Waals surface area contributed by atoms with E-state index in [1.807, 2.05) is 0 Å². The van der Waals surface area contributed by atoms with Gasteiger partial charge in [0, 0.05) is 24.2 Å². The number of nitrogens with zero attached hydrogens (tertiary/aromatic N) is 1. The predicted octanol–water partition coefficient (Wildman–Crippen LogP) is 1.48. The number of hydrogen-bond acceptors (Lipinski definition) is 3. The van der Waals surface area contributed by atoms with Crippen LogP contribution in [0.25, 0.3) is 0 Å². The van der Waals surface area contributed by atoms with Crippen LogP contribution in [-0.2, 0) is 10.0 Å². The molecule has 1 aliphatic heterocycles. The number of sulfonamides is 1. The summed E-state index contributed by atoms with van der Waals surface area (Å²) in [5.41, 5.74) is 5.70. The fraction of sp³-hybridized carbons (Fsp3) is 0.400. The first-order valence-electron chi connectivity index (χ1n) is 5.01. The second-order valence-corrected chi connectivity index (χ2v) is 6.24. The maximum Gasteiger partial charge on any atom is 0.243 e. The third kappa shape index (κ3) is 3.11. The van der Waals surface area contributed by atoms with Crippen molar-refractivity contribution in [1.29, 1.82) is 0 Å². The number of rotatable bonds is 2. The van der Waals surface area contributed by atoms with Crippen molar-refractivity contribution < 1.29 is 8.42 Å². The van der Waals surface area contributed by atoms with Crippen LogP contribution in [0.4, 0.5) is 0 Å². The third-order valence-corrected chi connectivity index (χ3v) is 4.72. The van der Waals surface area contributed by atoms with E-state index in [1.54, 1.807) is 18.2 Å². The lowest BCUT2D eigenvalue weighted by Gasteiger charge is -2.15. The molecule has 0 unspecified atom stereocenters. The van der Waals surface area contributed by atoms with Gasteiger partial charge in [0.2, 0.25) is 10.0 Å². The van der Waals surface area contributed by atoms with Gasteiger partial charge in [0.1, 0.15) is 0 Å². The number of benzene rings is 1. The summed E-state index contributed by atoms with van der Waals surface area (Å²) in [6.45, 7) is 0.866. The standard InChI is InChI=1S/C10H13ClN2O2S.ClH/c11-8-2-1-3-10(6-8)16(14,15)13-5-4-9(12)7-13;/h1-3,6,9H,4-5,7,12H2;1H/t9-;/m0./s1. The Kier molecular flexibility index (Phi) is 4.80. The van der Waals surface area contributed by atoms with Gasteiger partial charge in [0.25, 0.3) is 0 Å². The molecule has 2 rings (SSSR count). The Balaban J connectivity index is 0.00000144. The van der Waals surface area contributed by atoms with Crippen LogP contribution >= 0.6 is 24.0 Å². The zero-order valence-electron chi connectivity index (χ0n) is 9.04. The second-order valence-electron chi connectivity index (χ2n) is 3.87. The molecule has 4 nitrogen and oxygen atoms in total. The first-order valence-corrected chi connectivity index (χ1v) is 6.83. The van der Waals surface area contributed by atoms with Gasteiger partial charge in [0.05, 0.1) is 4.90 Å². The lowest BCUT2D eigenvalue weighted by atomic mass is 10.3. The molecule has 1 atom stereocenters. The number of nitrogens with two attached hydrogens (primary N) is 1. The molecular formula is C10H14Cl2N2O2S. The topological polar surface area (TPSA) is 63.4 Å². The number of hydrogen-bond donors (Lipinski definition) is 1. The first kappa shape index (κ1) is 14.7. The van der Waals surface area contributed by atoms with Crippen molar-refractivity contribution in [2.24, 2.45) is 5.73 Å². The average Bonchev–Trinajstić information content (AvgIpc) is 2.65. The summed E-state index contributed by atoms with van der Waals surface area (Å²) in [6.07, 6.45) is 0.708. The molecule has 1 aromatic rings. The van der Waals surface area contributed by atoms with Gasteiger partial charge >= 0.3 is 0 Å². The molecule has 17 heavy (non-hydrogen) atoms.